The maximum atomic E-state index is 16.3. The summed E-state index contributed by atoms with van der Waals surface area (Å²) in [4.78, 5) is 126. The van der Waals surface area contributed by atoms with Gasteiger partial charge in [-0.25, -0.2) is 9.59 Å². The normalized spacial score (nSPS) is 27.7. The fourth-order valence-electron chi connectivity index (χ4n) is 11.6. The Hall–Kier alpha value is -7.47. The number of ether oxygens (including phenoxy) is 7. The predicted molar refractivity (Wildman–Crippen MR) is 262 cm³/mol. The molecule has 18 nitrogen and oxygen atoms in total. The molecule has 74 heavy (non-hydrogen) atoms. The number of Topliss-reactive ketones (excluding diaryl/α,β-unsaturated/α-hetero) is 1. The summed E-state index contributed by atoms with van der Waals surface area (Å²) in [6.45, 7) is 16.5. The highest BCUT2D eigenvalue weighted by Crippen LogP contribution is 2.68. The van der Waals surface area contributed by atoms with Gasteiger partial charge in [-0.3, -0.25) is 33.6 Å². The minimum absolute atomic E-state index is 0.00178. The molecule has 0 radical (unpaired) electrons. The van der Waals surface area contributed by atoms with Crippen molar-refractivity contribution in [2.45, 2.75) is 130 Å². The molecule has 18 heteroatoms. The summed E-state index contributed by atoms with van der Waals surface area (Å²) in [5.41, 5.74) is -7.58. The van der Waals surface area contributed by atoms with Crippen LogP contribution in [0.15, 0.2) is 114 Å². The van der Waals surface area contributed by atoms with Crippen molar-refractivity contribution >= 4 is 53.5 Å². The summed E-state index contributed by atoms with van der Waals surface area (Å²) in [6, 6.07) is 22.6. The van der Waals surface area contributed by atoms with Crippen molar-refractivity contribution in [3.8, 4) is 0 Å². The summed E-state index contributed by atoms with van der Waals surface area (Å²) < 4.78 is 42.4. The highest BCUT2D eigenvalue weighted by molar-refractivity contribution is 5.96. The van der Waals surface area contributed by atoms with Crippen LogP contribution in [0.1, 0.15) is 114 Å². The fourth-order valence-corrected chi connectivity index (χ4v) is 11.6. The van der Waals surface area contributed by atoms with Crippen LogP contribution >= 0.6 is 0 Å². The molecule has 2 fully saturated rings. The van der Waals surface area contributed by atoms with Crippen LogP contribution in [0.3, 0.4) is 0 Å². The first-order valence-corrected chi connectivity index (χ1v) is 24.1. The van der Waals surface area contributed by atoms with E-state index >= 15 is 9.59 Å². The molecule has 0 aliphatic heterocycles. The Kier molecular flexibility index (Phi) is 16.6. The molecule has 3 aliphatic carbocycles. The number of carbonyl (C=O) groups excluding carboxylic acids is 9. The second-order valence-electron chi connectivity index (χ2n) is 19.9. The molecule has 11 atom stereocenters. The van der Waals surface area contributed by atoms with Crippen molar-refractivity contribution in [3.05, 3.63) is 131 Å². The highest BCUT2D eigenvalue weighted by atomic mass is 16.6. The number of hydrogen-bond donors (Lipinski definition) is 2. The summed E-state index contributed by atoms with van der Waals surface area (Å²) in [5.74, 6) is -10.4. The molecular formula is C56H63NO17. The van der Waals surface area contributed by atoms with Crippen molar-refractivity contribution in [2.75, 3.05) is 6.61 Å². The summed E-state index contributed by atoms with van der Waals surface area (Å²) in [7, 11) is 0. The number of rotatable bonds is 15. The van der Waals surface area contributed by atoms with E-state index < -0.39 is 143 Å². The van der Waals surface area contributed by atoms with Crippen LogP contribution in [-0.2, 0) is 66.7 Å². The van der Waals surface area contributed by atoms with Crippen LogP contribution in [0, 0.1) is 22.2 Å². The number of esters is 7. The van der Waals surface area contributed by atoms with Crippen molar-refractivity contribution in [3.63, 3.8) is 0 Å². The zero-order valence-corrected chi connectivity index (χ0v) is 43.1. The Balaban J connectivity index is 1.69. The van der Waals surface area contributed by atoms with E-state index in [2.05, 4.69) is 11.9 Å². The van der Waals surface area contributed by atoms with Gasteiger partial charge in [-0.15, -0.1) is 0 Å². The van der Waals surface area contributed by atoms with Crippen molar-refractivity contribution in [1.82, 2.24) is 5.32 Å². The number of hydrogen-bond acceptors (Lipinski definition) is 17. The lowest BCUT2D eigenvalue weighted by atomic mass is 9.41. The Morgan fingerprint density at radius 1 is 0.689 bits per heavy atom. The fraction of sp³-hybridized carbons (Fsp3) is 0.446. The zero-order valence-electron chi connectivity index (χ0n) is 43.1. The van der Waals surface area contributed by atoms with E-state index in [0.717, 1.165) is 34.6 Å². The molecule has 2 saturated carbocycles. The van der Waals surface area contributed by atoms with Crippen LogP contribution in [0.5, 0.6) is 0 Å². The van der Waals surface area contributed by atoms with Crippen molar-refractivity contribution in [2.24, 2.45) is 22.2 Å². The first-order chi connectivity index (χ1) is 34.7. The molecule has 2 bridgehead atoms. The van der Waals surface area contributed by atoms with Gasteiger partial charge in [-0.05, 0) is 61.7 Å². The lowest BCUT2D eigenvalue weighted by Crippen LogP contribution is -2.77. The van der Waals surface area contributed by atoms with Gasteiger partial charge in [0.2, 0.25) is 6.10 Å². The molecule has 0 spiro atoms. The third-order valence-electron chi connectivity index (χ3n) is 14.8. The third kappa shape index (κ3) is 10.6. The van der Waals surface area contributed by atoms with E-state index in [9.17, 15) is 38.7 Å². The molecule has 394 valence electrons. The van der Waals surface area contributed by atoms with Gasteiger partial charge in [0, 0.05) is 69.8 Å². The lowest BCUT2D eigenvalue weighted by molar-refractivity contribution is -0.276. The van der Waals surface area contributed by atoms with E-state index in [1.54, 1.807) is 107 Å². The molecule has 3 aromatic rings. The monoisotopic (exact) mass is 1020 g/mol. The van der Waals surface area contributed by atoms with E-state index in [4.69, 9.17) is 33.2 Å². The average Bonchev–Trinajstić information content (AvgIpc) is 3.33. The summed E-state index contributed by atoms with van der Waals surface area (Å²) >= 11 is 0. The minimum atomic E-state index is -2.72. The molecule has 2 N–H and O–H groups in total. The lowest BCUT2D eigenvalue weighted by Gasteiger charge is -2.66. The number of benzene rings is 3. The molecule has 6 rings (SSSR count). The Bertz CT molecular complexity index is 2740. The number of ketones is 1. The van der Waals surface area contributed by atoms with E-state index in [1.807, 2.05) is 0 Å². The van der Waals surface area contributed by atoms with Crippen molar-refractivity contribution in [1.29, 1.82) is 0 Å². The summed E-state index contributed by atoms with van der Waals surface area (Å²) in [6.07, 6.45) is -11.6. The maximum Gasteiger partial charge on any atom is 0.350 e. The standard InChI is InChI=1S/C56H63NO17/c1-30(2)55-28-40(73-52(66)46(72-36(8)62)44(37-21-15-12-16-22-37)57-50(64)38-23-17-13-18-24-38)31(3)43(53(55,9)10)45(71-35(7)61)48(63)54(11)41(69-33(5)59)27-42(70-34(6)60)56(67,29-68-32(4)58)47(54)49(55)74-51(65)39-25-19-14-20-26-39/h12-26,40-42,44-47,49,67H,1,27-29H2,2-11H3,(H,57,64)/t40-,41-,42-,44-,45+,46+,47-,49-,54+,55+,56-/m0/s1. The minimum Gasteiger partial charge on any atom is -0.463 e. The van der Waals surface area contributed by atoms with E-state index in [0.29, 0.717) is 5.56 Å². The topological polar surface area (TPSA) is 250 Å². The van der Waals surface area contributed by atoms with Gasteiger partial charge in [0.25, 0.3) is 5.91 Å². The van der Waals surface area contributed by atoms with E-state index in [1.165, 1.54) is 19.1 Å². The van der Waals surface area contributed by atoms with Crippen molar-refractivity contribution < 1.29 is 81.4 Å². The molecule has 0 unspecified atom stereocenters. The first kappa shape index (κ1) is 55.8. The maximum absolute atomic E-state index is 16.3. The number of aliphatic hydroxyl groups is 1. The van der Waals surface area contributed by atoms with Gasteiger partial charge < -0.3 is 43.6 Å². The smallest absolute Gasteiger partial charge is 0.350 e. The van der Waals surface area contributed by atoms with Gasteiger partial charge in [0.05, 0.1) is 11.0 Å². The SMILES string of the molecule is C=C(C)[C@]12C[C@H](OC(=O)[C@H](OC(C)=O)[C@@H](NC(=O)c3ccccc3)c3ccccc3)C(C)=C([C@@H](OC(C)=O)C(=O)[C@]3(C)[C@@H](OC(C)=O)C[C@H](OC(C)=O)[C@@](O)(COC(C)=O)[C@H]3[C@@H]1OC(=O)c1ccccc1)C2(C)C. The molecule has 0 aromatic heterocycles. The van der Waals surface area contributed by atoms with Gasteiger partial charge in [-0.2, -0.15) is 0 Å². The first-order valence-electron chi connectivity index (χ1n) is 24.1. The van der Waals surface area contributed by atoms with Gasteiger partial charge >= 0.3 is 41.8 Å². The second kappa shape index (κ2) is 21.9. The van der Waals surface area contributed by atoms with Crippen LogP contribution in [0.25, 0.3) is 0 Å². The van der Waals surface area contributed by atoms with Gasteiger partial charge in [-0.1, -0.05) is 92.7 Å². The third-order valence-corrected chi connectivity index (χ3v) is 14.8. The molecule has 0 saturated heterocycles. The molecule has 1 amide bonds. The average molecular weight is 1020 g/mol. The van der Waals surface area contributed by atoms with Gasteiger partial charge in [0.1, 0.15) is 42.7 Å². The Morgan fingerprint density at radius 2 is 1.22 bits per heavy atom. The van der Waals surface area contributed by atoms with Crippen LogP contribution in [-0.4, -0.2) is 107 Å². The number of nitrogens with one attached hydrogen (secondary N) is 1. The van der Waals surface area contributed by atoms with Crippen LogP contribution in [0.4, 0.5) is 0 Å². The number of fused-ring (bicyclic) bond motifs is 3. The van der Waals surface area contributed by atoms with E-state index in [-0.39, 0.29) is 27.8 Å². The quantitative estimate of drug-likeness (QED) is 0.0972. The number of amides is 1. The molecular weight excluding hydrogens is 959 g/mol. The highest BCUT2D eigenvalue weighted by Gasteiger charge is 2.76. The molecule has 0 heterocycles. The zero-order chi connectivity index (χ0) is 54.7. The largest absolute Gasteiger partial charge is 0.463 e. The second-order valence-corrected chi connectivity index (χ2v) is 19.9. The predicted octanol–water partition coefficient (Wildman–Crippen LogP) is 6.23. The van der Waals surface area contributed by atoms with Gasteiger partial charge in [0.15, 0.2) is 11.9 Å². The molecule has 3 aromatic carbocycles. The van der Waals surface area contributed by atoms with Crippen LogP contribution < -0.4 is 5.32 Å². The Labute approximate surface area is 429 Å². The molecule has 3 aliphatic rings. The summed E-state index contributed by atoms with van der Waals surface area (Å²) in [5, 5.41) is 16.5. The van der Waals surface area contributed by atoms with Crippen LogP contribution in [0.2, 0.25) is 0 Å². The number of carbonyl (C=O) groups is 9. The Morgan fingerprint density at radius 3 is 1.73 bits per heavy atom.